The van der Waals surface area contributed by atoms with Gasteiger partial charge in [-0.05, 0) is 48.6 Å². The van der Waals surface area contributed by atoms with Crippen LogP contribution in [-0.2, 0) is 26.0 Å². The first-order chi connectivity index (χ1) is 15.7. The Morgan fingerprint density at radius 1 is 1.21 bits per heavy atom. The zero-order valence-electron chi connectivity index (χ0n) is 18.5. The summed E-state index contributed by atoms with van der Waals surface area (Å²) < 4.78 is 27.7. The number of carbonyl (C=O) groups excluding carboxylic acids is 2. The number of aryl methyl sites for hydroxylation is 1. The van der Waals surface area contributed by atoms with E-state index < -0.39 is 10.0 Å². The quantitative estimate of drug-likeness (QED) is 0.554. The van der Waals surface area contributed by atoms with Crippen molar-refractivity contribution in [1.82, 2.24) is 9.62 Å². The van der Waals surface area contributed by atoms with Crippen molar-refractivity contribution in [2.45, 2.75) is 37.1 Å². The summed E-state index contributed by atoms with van der Waals surface area (Å²) in [6.45, 7) is 5.87. The van der Waals surface area contributed by atoms with E-state index in [9.17, 15) is 18.0 Å². The molecule has 3 rings (SSSR count). The van der Waals surface area contributed by atoms with Crippen LogP contribution in [0, 0.1) is 5.92 Å². The second kappa shape index (κ2) is 11.0. The molecule has 1 fully saturated rings. The van der Waals surface area contributed by atoms with Crippen molar-refractivity contribution in [3.05, 3.63) is 71.8 Å². The molecule has 1 saturated heterocycles. The minimum Gasteiger partial charge on any atom is -0.349 e. The number of anilines is 1. The van der Waals surface area contributed by atoms with Crippen LogP contribution in [0.5, 0.6) is 0 Å². The number of hydrogen-bond donors (Lipinski definition) is 2. The van der Waals surface area contributed by atoms with E-state index in [1.165, 1.54) is 22.5 Å². The number of piperidine rings is 1. The maximum absolute atomic E-state index is 13.2. The number of nitrogens with zero attached hydrogens (tertiary/aromatic N) is 1. The van der Waals surface area contributed by atoms with Gasteiger partial charge in [-0.3, -0.25) is 9.59 Å². The topological polar surface area (TPSA) is 95.6 Å². The molecule has 9 heteroatoms. The molecule has 2 N–H and O–H groups in total. The van der Waals surface area contributed by atoms with Crippen LogP contribution in [0.25, 0.3) is 0 Å². The summed E-state index contributed by atoms with van der Waals surface area (Å²) in [5.74, 6) is -0.519. The van der Waals surface area contributed by atoms with Crippen molar-refractivity contribution < 1.29 is 18.0 Å². The number of hydrogen-bond acceptors (Lipinski definition) is 4. The molecule has 2 aromatic carbocycles. The molecule has 2 unspecified atom stereocenters. The molecule has 1 aliphatic heterocycles. The van der Waals surface area contributed by atoms with Gasteiger partial charge in [-0.2, -0.15) is 4.31 Å². The minimum absolute atomic E-state index is 0.00720. The average Bonchev–Trinajstić information content (AvgIpc) is 2.79. The Bertz CT molecular complexity index is 1120. The molecule has 0 radical (unpaired) electrons. The van der Waals surface area contributed by atoms with Crippen molar-refractivity contribution in [2.75, 3.05) is 18.4 Å². The van der Waals surface area contributed by atoms with E-state index in [0.717, 1.165) is 5.56 Å². The molecular weight excluding hydrogens is 462 g/mol. The van der Waals surface area contributed by atoms with E-state index in [-0.39, 0.29) is 46.8 Å². The van der Waals surface area contributed by atoms with Crippen molar-refractivity contribution >= 4 is 39.1 Å². The highest BCUT2D eigenvalue weighted by Gasteiger charge is 2.35. The third-order valence-corrected chi connectivity index (χ3v) is 8.05. The summed E-state index contributed by atoms with van der Waals surface area (Å²) in [6.07, 6.45) is 2.61. The third-order valence-electron chi connectivity index (χ3n) is 5.70. The lowest BCUT2D eigenvalue weighted by molar-refractivity contribution is -0.118. The molecule has 1 heterocycles. The molecule has 1 aliphatic rings. The predicted molar refractivity (Wildman–Crippen MR) is 130 cm³/mol. The zero-order valence-corrected chi connectivity index (χ0v) is 20.0. The Morgan fingerprint density at radius 3 is 2.58 bits per heavy atom. The second-order valence-corrected chi connectivity index (χ2v) is 10.4. The SMILES string of the molecule is C=CC(=O)NC1CCN(S(=O)(=O)c2ccc(NC(=O)CCc3ccccc3)cc2Cl)CC1C. The van der Waals surface area contributed by atoms with Gasteiger partial charge >= 0.3 is 0 Å². The smallest absolute Gasteiger partial charge is 0.244 e. The summed E-state index contributed by atoms with van der Waals surface area (Å²) in [6, 6.07) is 14.0. The summed E-state index contributed by atoms with van der Waals surface area (Å²) in [4.78, 5) is 23.9. The molecule has 176 valence electrons. The number of halogens is 1. The highest BCUT2D eigenvalue weighted by molar-refractivity contribution is 7.89. The first kappa shape index (κ1) is 25.0. The molecule has 2 atom stereocenters. The summed E-state index contributed by atoms with van der Waals surface area (Å²) in [5.41, 5.74) is 1.51. The maximum Gasteiger partial charge on any atom is 0.244 e. The molecule has 2 amide bonds. The normalized spacial score (nSPS) is 19.0. The third kappa shape index (κ3) is 6.43. The molecule has 33 heavy (non-hydrogen) atoms. The van der Waals surface area contributed by atoms with Crippen LogP contribution < -0.4 is 10.6 Å². The highest BCUT2D eigenvalue weighted by Crippen LogP contribution is 2.30. The summed E-state index contributed by atoms with van der Waals surface area (Å²) in [7, 11) is -3.82. The standard InChI is InChI=1S/C24H28ClN3O4S/c1-3-23(29)27-21-13-14-28(16-17(21)2)33(31,32)22-11-10-19(15-20(22)25)26-24(30)12-9-18-7-5-4-6-8-18/h3-8,10-11,15,17,21H,1,9,12-14,16H2,2H3,(H,26,30)(H,27,29). The van der Waals surface area contributed by atoms with E-state index in [0.29, 0.717) is 24.9 Å². The van der Waals surface area contributed by atoms with Gasteiger partial charge in [0, 0.05) is 31.2 Å². The predicted octanol–water partition coefficient (Wildman–Crippen LogP) is 3.61. The fourth-order valence-corrected chi connectivity index (χ4v) is 5.91. The van der Waals surface area contributed by atoms with Crippen LogP contribution in [0.15, 0.2) is 66.1 Å². The summed E-state index contributed by atoms with van der Waals surface area (Å²) in [5, 5.41) is 5.66. The van der Waals surface area contributed by atoms with Crippen molar-refractivity contribution in [2.24, 2.45) is 5.92 Å². The van der Waals surface area contributed by atoms with Crippen molar-refractivity contribution in [1.29, 1.82) is 0 Å². The van der Waals surface area contributed by atoms with Crippen LogP contribution >= 0.6 is 11.6 Å². The largest absolute Gasteiger partial charge is 0.349 e. The van der Waals surface area contributed by atoms with Crippen LogP contribution in [0.4, 0.5) is 5.69 Å². The molecule has 2 aromatic rings. The lowest BCUT2D eigenvalue weighted by atomic mass is 9.95. The first-order valence-corrected chi connectivity index (χ1v) is 12.6. The van der Waals surface area contributed by atoms with Gasteiger partial charge in [0.1, 0.15) is 4.90 Å². The fourth-order valence-electron chi connectivity index (χ4n) is 3.83. The molecule has 0 aromatic heterocycles. The van der Waals surface area contributed by atoms with Gasteiger partial charge in [0.05, 0.1) is 5.02 Å². The van der Waals surface area contributed by atoms with Crippen LogP contribution in [0.3, 0.4) is 0 Å². The molecule has 0 aliphatic carbocycles. The lowest BCUT2D eigenvalue weighted by Crippen LogP contribution is -2.51. The van der Waals surface area contributed by atoms with Gasteiger partial charge in [0.25, 0.3) is 0 Å². The van der Waals surface area contributed by atoms with Crippen LogP contribution in [0.2, 0.25) is 5.02 Å². The van der Waals surface area contributed by atoms with E-state index in [1.54, 1.807) is 6.07 Å². The monoisotopic (exact) mass is 489 g/mol. The van der Waals surface area contributed by atoms with E-state index in [4.69, 9.17) is 11.6 Å². The van der Waals surface area contributed by atoms with Gasteiger partial charge in [-0.25, -0.2) is 8.42 Å². The lowest BCUT2D eigenvalue weighted by Gasteiger charge is -2.36. The number of amides is 2. The van der Waals surface area contributed by atoms with Gasteiger partial charge in [-0.1, -0.05) is 55.4 Å². The Morgan fingerprint density at radius 2 is 1.94 bits per heavy atom. The Labute approximate surface area is 199 Å². The molecule has 0 bridgehead atoms. The minimum atomic E-state index is -3.82. The van der Waals surface area contributed by atoms with E-state index in [1.807, 2.05) is 37.3 Å². The number of rotatable bonds is 8. The maximum atomic E-state index is 13.2. The van der Waals surface area contributed by atoms with Gasteiger partial charge in [0.15, 0.2) is 0 Å². The highest BCUT2D eigenvalue weighted by atomic mass is 35.5. The fraction of sp³-hybridized carbons (Fsp3) is 0.333. The summed E-state index contributed by atoms with van der Waals surface area (Å²) >= 11 is 6.32. The van der Waals surface area contributed by atoms with Crippen molar-refractivity contribution in [3.63, 3.8) is 0 Å². The Kier molecular flexibility index (Phi) is 8.29. The van der Waals surface area contributed by atoms with Gasteiger partial charge < -0.3 is 10.6 Å². The van der Waals surface area contributed by atoms with Gasteiger partial charge in [-0.15, -0.1) is 0 Å². The number of nitrogens with one attached hydrogen (secondary N) is 2. The molecule has 0 spiro atoms. The number of benzene rings is 2. The average molecular weight is 490 g/mol. The molecule has 0 saturated carbocycles. The van der Waals surface area contributed by atoms with Crippen molar-refractivity contribution in [3.8, 4) is 0 Å². The van der Waals surface area contributed by atoms with Crippen LogP contribution in [0.1, 0.15) is 25.3 Å². The molecule has 7 nitrogen and oxygen atoms in total. The van der Waals surface area contributed by atoms with Crippen LogP contribution in [-0.4, -0.2) is 43.7 Å². The number of carbonyl (C=O) groups is 2. The Balaban J connectivity index is 1.63. The molecular formula is C24H28ClN3O4S. The second-order valence-electron chi connectivity index (χ2n) is 8.13. The van der Waals surface area contributed by atoms with E-state index >= 15 is 0 Å². The Hall–Kier alpha value is -2.68. The van der Waals surface area contributed by atoms with Gasteiger partial charge in [0.2, 0.25) is 21.8 Å². The number of sulfonamides is 1. The zero-order chi connectivity index (χ0) is 24.0. The van der Waals surface area contributed by atoms with E-state index in [2.05, 4.69) is 17.2 Å². The first-order valence-electron chi connectivity index (χ1n) is 10.8.